The van der Waals surface area contributed by atoms with Gasteiger partial charge in [0.15, 0.2) is 0 Å². The Bertz CT molecular complexity index is 1010. The molecule has 1 aliphatic heterocycles. The number of carbonyl (C=O) groups excluding carboxylic acids is 1. The first-order chi connectivity index (χ1) is 14.6. The standard InChI is InChI=1S/C23H26N4O2S/c1-26(2)23(28)21(17-8-4-3-5-9-17)30-22-18-10-6-7-11-19(18)24-20(25-22)16-27-12-14-29-15-13-27/h3-11,21H,12-16H2,1-2H3. The maximum absolute atomic E-state index is 13.0. The Morgan fingerprint density at radius 3 is 2.50 bits per heavy atom. The van der Waals surface area contributed by atoms with E-state index in [4.69, 9.17) is 14.7 Å². The molecule has 4 rings (SSSR count). The van der Waals surface area contributed by atoms with Gasteiger partial charge in [-0.3, -0.25) is 9.69 Å². The summed E-state index contributed by atoms with van der Waals surface area (Å²) in [6.07, 6.45) is 0. The quantitative estimate of drug-likeness (QED) is 0.448. The Morgan fingerprint density at radius 2 is 1.77 bits per heavy atom. The second-order valence-corrected chi connectivity index (χ2v) is 8.59. The zero-order valence-electron chi connectivity index (χ0n) is 17.3. The van der Waals surface area contributed by atoms with Crippen molar-refractivity contribution < 1.29 is 9.53 Å². The van der Waals surface area contributed by atoms with Crippen LogP contribution in [-0.4, -0.2) is 66.1 Å². The fraction of sp³-hybridized carbons (Fsp3) is 0.348. The molecular formula is C23H26N4O2S. The molecule has 30 heavy (non-hydrogen) atoms. The van der Waals surface area contributed by atoms with Gasteiger partial charge in [0.25, 0.3) is 0 Å². The van der Waals surface area contributed by atoms with Crippen LogP contribution in [0.25, 0.3) is 10.9 Å². The maximum atomic E-state index is 13.0. The third kappa shape index (κ3) is 4.80. The lowest BCUT2D eigenvalue weighted by Crippen LogP contribution is -2.36. The molecule has 2 aromatic carbocycles. The van der Waals surface area contributed by atoms with Crippen molar-refractivity contribution in [1.29, 1.82) is 0 Å². The number of fused-ring (bicyclic) bond motifs is 1. The summed E-state index contributed by atoms with van der Waals surface area (Å²) in [4.78, 5) is 26.7. The number of ether oxygens (including phenoxy) is 1. The van der Waals surface area contributed by atoms with Crippen LogP contribution in [0.2, 0.25) is 0 Å². The zero-order chi connectivity index (χ0) is 20.9. The molecule has 2 heterocycles. The van der Waals surface area contributed by atoms with Gasteiger partial charge in [0.05, 0.1) is 25.3 Å². The van der Waals surface area contributed by atoms with E-state index in [2.05, 4.69) is 4.90 Å². The molecule has 7 heteroatoms. The summed E-state index contributed by atoms with van der Waals surface area (Å²) in [6.45, 7) is 3.92. The first-order valence-corrected chi connectivity index (χ1v) is 11.0. The third-order valence-electron chi connectivity index (χ3n) is 5.08. The molecule has 1 aliphatic rings. The van der Waals surface area contributed by atoms with Crippen molar-refractivity contribution in [2.75, 3.05) is 40.4 Å². The fourth-order valence-electron chi connectivity index (χ4n) is 3.45. The molecule has 3 aromatic rings. The number of rotatable bonds is 6. The summed E-state index contributed by atoms with van der Waals surface area (Å²) in [5.74, 6) is 0.825. The number of nitrogens with zero attached hydrogens (tertiary/aromatic N) is 4. The molecular weight excluding hydrogens is 396 g/mol. The van der Waals surface area contributed by atoms with Crippen molar-refractivity contribution >= 4 is 28.6 Å². The molecule has 0 spiro atoms. The van der Waals surface area contributed by atoms with Gasteiger partial charge in [-0.2, -0.15) is 0 Å². The number of hydrogen-bond donors (Lipinski definition) is 0. The largest absolute Gasteiger partial charge is 0.379 e. The van der Waals surface area contributed by atoms with E-state index in [1.807, 2.05) is 54.6 Å². The Kier molecular flexibility index (Phi) is 6.62. The Morgan fingerprint density at radius 1 is 1.07 bits per heavy atom. The average Bonchev–Trinajstić information content (AvgIpc) is 2.78. The lowest BCUT2D eigenvalue weighted by atomic mass is 10.1. The third-order valence-corrected chi connectivity index (χ3v) is 6.32. The highest BCUT2D eigenvalue weighted by molar-refractivity contribution is 8.00. The topological polar surface area (TPSA) is 58.6 Å². The number of aromatic nitrogens is 2. The number of hydrogen-bond acceptors (Lipinski definition) is 6. The van der Waals surface area contributed by atoms with Gasteiger partial charge in [-0.25, -0.2) is 9.97 Å². The van der Waals surface area contributed by atoms with E-state index in [1.165, 1.54) is 11.8 Å². The molecule has 1 amide bonds. The van der Waals surface area contributed by atoms with E-state index in [9.17, 15) is 4.79 Å². The van der Waals surface area contributed by atoms with Crippen molar-refractivity contribution in [3.8, 4) is 0 Å². The highest BCUT2D eigenvalue weighted by Crippen LogP contribution is 2.38. The van der Waals surface area contributed by atoms with Crippen LogP contribution in [0, 0.1) is 0 Å². The molecule has 0 aliphatic carbocycles. The number of benzene rings is 2. The van der Waals surface area contributed by atoms with Crippen LogP contribution in [0.3, 0.4) is 0 Å². The molecule has 1 aromatic heterocycles. The molecule has 1 saturated heterocycles. The SMILES string of the molecule is CN(C)C(=O)C(Sc1nc(CN2CCOCC2)nc2ccccc12)c1ccccc1. The first kappa shape index (κ1) is 20.8. The second kappa shape index (κ2) is 9.55. The molecule has 1 fully saturated rings. The molecule has 0 radical (unpaired) electrons. The first-order valence-electron chi connectivity index (χ1n) is 10.1. The molecule has 156 valence electrons. The fourth-order valence-corrected chi connectivity index (χ4v) is 4.73. The summed E-state index contributed by atoms with van der Waals surface area (Å²) >= 11 is 1.50. The summed E-state index contributed by atoms with van der Waals surface area (Å²) in [5, 5.41) is 1.45. The van der Waals surface area contributed by atoms with E-state index in [0.717, 1.165) is 53.6 Å². The predicted octanol–water partition coefficient (Wildman–Crippen LogP) is 3.38. The summed E-state index contributed by atoms with van der Waals surface area (Å²) < 4.78 is 5.45. The van der Waals surface area contributed by atoms with Crippen molar-refractivity contribution in [2.45, 2.75) is 16.8 Å². The van der Waals surface area contributed by atoms with Crippen LogP contribution in [0.4, 0.5) is 0 Å². The van der Waals surface area contributed by atoms with Gasteiger partial charge in [-0.1, -0.05) is 60.3 Å². The highest BCUT2D eigenvalue weighted by atomic mass is 32.2. The van der Waals surface area contributed by atoms with Crippen LogP contribution in [0.5, 0.6) is 0 Å². The number of thioether (sulfide) groups is 1. The summed E-state index contributed by atoms with van der Waals surface area (Å²) in [6, 6.07) is 17.9. The normalized spacial score (nSPS) is 15.8. The second-order valence-electron chi connectivity index (χ2n) is 7.49. The van der Waals surface area contributed by atoms with Gasteiger partial charge in [0, 0.05) is 32.6 Å². The van der Waals surface area contributed by atoms with Gasteiger partial charge in [0.1, 0.15) is 16.1 Å². The van der Waals surface area contributed by atoms with E-state index >= 15 is 0 Å². The number of para-hydroxylation sites is 1. The molecule has 0 N–H and O–H groups in total. The zero-order valence-corrected chi connectivity index (χ0v) is 18.1. The molecule has 0 bridgehead atoms. The molecule has 0 saturated carbocycles. The van der Waals surface area contributed by atoms with E-state index in [0.29, 0.717) is 6.54 Å². The lowest BCUT2D eigenvalue weighted by molar-refractivity contribution is -0.128. The summed E-state index contributed by atoms with van der Waals surface area (Å²) in [5.41, 5.74) is 1.88. The minimum absolute atomic E-state index is 0.0450. The summed E-state index contributed by atoms with van der Waals surface area (Å²) in [7, 11) is 3.58. The van der Waals surface area contributed by atoms with Crippen molar-refractivity contribution in [1.82, 2.24) is 19.8 Å². The number of morpholine rings is 1. The van der Waals surface area contributed by atoms with Crippen molar-refractivity contribution in [3.05, 3.63) is 66.0 Å². The van der Waals surface area contributed by atoms with Crippen LogP contribution < -0.4 is 0 Å². The van der Waals surface area contributed by atoms with Crippen LogP contribution >= 0.6 is 11.8 Å². The highest BCUT2D eigenvalue weighted by Gasteiger charge is 2.25. The Labute approximate surface area is 181 Å². The van der Waals surface area contributed by atoms with Gasteiger partial charge in [-0.05, 0) is 11.6 Å². The van der Waals surface area contributed by atoms with Gasteiger partial charge in [-0.15, -0.1) is 0 Å². The van der Waals surface area contributed by atoms with Gasteiger partial charge in [0.2, 0.25) is 5.91 Å². The van der Waals surface area contributed by atoms with Crippen LogP contribution in [0.1, 0.15) is 16.6 Å². The molecule has 1 atom stereocenters. The van der Waals surface area contributed by atoms with Crippen molar-refractivity contribution in [3.63, 3.8) is 0 Å². The number of likely N-dealkylation sites (N-methyl/N-ethyl adjacent to an activating group) is 1. The van der Waals surface area contributed by atoms with E-state index in [1.54, 1.807) is 19.0 Å². The smallest absolute Gasteiger partial charge is 0.240 e. The van der Waals surface area contributed by atoms with Crippen LogP contribution in [0.15, 0.2) is 59.6 Å². The van der Waals surface area contributed by atoms with E-state index < -0.39 is 0 Å². The number of carbonyl (C=O) groups is 1. The molecule has 1 unspecified atom stereocenters. The van der Waals surface area contributed by atoms with Crippen LogP contribution in [-0.2, 0) is 16.1 Å². The van der Waals surface area contributed by atoms with E-state index in [-0.39, 0.29) is 11.2 Å². The van der Waals surface area contributed by atoms with Crippen molar-refractivity contribution in [2.24, 2.45) is 0 Å². The minimum Gasteiger partial charge on any atom is -0.379 e. The predicted molar refractivity (Wildman–Crippen MR) is 119 cm³/mol. The average molecular weight is 423 g/mol. The number of amides is 1. The monoisotopic (exact) mass is 422 g/mol. The maximum Gasteiger partial charge on any atom is 0.240 e. The lowest BCUT2D eigenvalue weighted by Gasteiger charge is -2.26. The minimum atomic E-state index is -0.365. The Hall–Kier alpha value is -2.48. The molecule has 6 nitrogen and oxygen atoms in total. The van der Waals surface area contributed by atoms with Gasteiger partial charge < -0.3 is 9.64 Å². The van der Waals surface area contributed by atoms with Gasteiger partial charge >= 0.3 is 0 Å². The Balaban J connectivity index is 1.71.